The summed E-state index contributed by atoms with van der Waals surface area (Å²) in [6.07, 6.45) is 3.67. The van der Waals surface area contributed by atoms with E-state index in [-0.39, 0.29) is 36.8 Å². The largest absolute Gasteiger partial charge is 0.354 e. The van der Waals surface area contributed by atoms with E-state index >= 15 is 0 Å². The number of hydrogen-bond donors (Lipinski definition) is 1. The van der Waals surface area contributed by atoms with Crippen LogP contribution in [-0.4, -0.2) is 41.9 Å². The Kier molecular flexibility index (Phi) is 5.19. The molecule has 1 amide bonds. The zero-order valence-corrected chi connectivity index (χ0v) is 12.8. The molecular formula is C12H15N7O5. The first-order valence-corrected chi connectivity index (χ1v) is 6.99. The molecule has 0 radical (unpaired) electrons. The zero-order valence-electron chi connectivity index (χ0n) is 12.8. The lowest BCUT2D eigenvalue weighted by Crippen LogP contribution is -2.28. The lowest BCUT2D eigenvalue weighted by molar-refractivity contribution is -0.385. The van der Waals surface area contributed by atoms with Gasteiger partial charge in [-0.05, 0) is 6.92 Å². The van der Waals surface area contributed by atoms with Crippen LogP contribution in [0, 0.1) is 27.2 Å². The Morgan fingerprint density at radius 3 is 2.54 bits per heavy atom. The van der Waals surface area contributed by atoms with Gasteiger partial charge >= 0.3 is 11.4 Å². The molecule has 0 saturated heterocycles. The maximum absolute atomic E-state index is 11.7. The Bertz CT molecular complexity index is 766. The van der Waals surface area contributed by atoms with Crippen LogP contribution in [0.3, 0.4) is 0 Å². The van der Waals surface area contributed by atoms with E-state index in [1.54, 1.807) is 6.92 Å². The van der Waals surface area contributed by atoms with E-state index in [1.807, 2.05) is 0 Å². The lowest BCUT2D eigenvalue weighted by Gasteiger charge is -2.06. The molecule has 0 unspecified atom stereocenters. The molecule has 2 aromatic heterocycles. The Hall–Kier alpha value is -3.31. The summed E-state index contributed by atoms with van der Waals surface area (Å²) >= 11 is 0. The SMILES string of the molecule is Cc1c([N+](=O)[O-])cnn1CCC(=O)NCCn1cc([N+](=O)[O-])cn1. The third-order valence-corrected chi connectivity index (χ3v) is 3.32. The van der Waals surface area contributed by atoms with Crippen LogP contribution in [-0.2, 0) is 17.9 Å². The van der Waals surface area contributed by atoms with Gasteiger partial charge in [0.15, 0.2) is 0 Å². The predicted octanol–water partition coefficient (Wildman–Crippen LogP) is 0.411. The highest BCUT2D eigenvalue weighted by atomic mass is 16.6. The van der Waals surface area contributed by atoms with E-state index in [0.29, 0.717) is 12.2 Å². The van der Waals surface area contributed by atoms with E-state index in [0.717, 1.165) is 12.4 Å². The second-order valence-electron chi connectivity index (χ2n) is 4.91. The summed E-state index contributed by atoms with van der Waals surface area (Å²) in [5.74, 6) is -0.255. The van der Waals surface area contributed by atoms with Crippen molar-refractivity contribution >= 4 is 17.3 Å². The molecule has 2 rings (SSSR count). The monoisotopic (exact) mass is 337 g/mol. The third kappa shape index (κ3) is 4.12. The molecule has 0 aliphatic rings. The van der Waals surface area contributed by atoms with Crippen LogP contribution in [0.5, 0.6) is 0 Å². The van der Waals surface area contributed by atoms with Gasteiger partial charge in [-0.3, -0.25) is 34.4 Å². The molecule has 0 fully saturated rings. The molecular weight excluding hydrogens is 322 g/mol. The van der Waals surface area contributed by atoms with Crippen LogP contribution in [0.2, 0.25) is 0 Å². The number of carbonyl (C=O) groups is 1. The number of carbonyl (C=O) groups excluding carboxylic acids is 1. The van der Waals surface area contributed by atoms with Gasteiger partial charge in [0.1, 0.15) is 24.3 Å². The number of amides is 1. The summed E-state index contributed by atoms with van der Waals surface area (Å²) < 4.78 is 2.76. The zero-order chi connectivity index (χ0) is 17.7. The van der Waals surface area contributed by atoms with Gasteiger partial charge in [-0.2, -0.15) is 10.2 Å². The van der Waals surface area contributed by atoms with Crippen molar-refractivity contribution in [2.24, 2.45) is 0 Å². The van der Waals surface area contributed by atoms with E-state index in [2.05, 4.69) is 15.5 Å². The van der Waals surface area contributed by atoms with Crippen molar-refractivity contribution in [2.75, 3.05) is 6.54 Å². The minimum Gasteiger partial charge on any atom is -0.354 e. The van der Waals surface area contributed by atoms with Gasteiger partial charge in [-0.25, -0.2) is 0 Å². The minimum atomic E-state index is -0.548. The quantitative estimate of drug-likeness (QED) is 0.541. The molecule has 1 N–H and O–H groups in total. The fourth-order valence-corrected chi connectivity index (χ4v) is 2.02. The lowest BCUT2D eigenvalue weighted by atomic mass is 10.3. The first-order chi connectivity index (χ1) is 11.4. The third-order valence-electron chi connectivity index (χ3n) is 3.32. The van der Waals surface area contributed by atoms with E-state index < -0.39 is 9.85 Å². The summed E-state index contributed by atoms with van der Waals surface area (Å²) in [4.78, 5) is 31.9. The molecule has 128 valence electrons. The minimum absolute atomic E-state index is 0.0873. The maximum atomic E-state index is 11.7. The maximum Gasteiger partial charge on any atom is 0.309 e. The second-order valence-corrected chi connectivity index (χ2v) is 4.91. The Labute approximate surface area is 135 Å². The van der Waals surface area contributed by atoms with Crippen molar-refractivity contribution in [1.29, 1.82) is 0 Å². The normalized spacial score (nSPS) is 10.5. The highest BCUT2D eigenvalue weighted by Gasteiger charge is 2.16. The summed E-state index contributed by atoms with van der Waals surface area (Å²) in [5, 5.41) is 31.6. The highest BCUT2D eigenvalue weighted by Crippen LogP contribution is 2.16. The van der Waals surface area contributed by atoms with Gasteiger partial charge < -0.3 is 5.32 Å². The van der Waals surface area contributed by atoms with Crippen molar-refractivity contribution in [2.45, 2.75) is 26.4 Å². The van der Waals surface area contributed by atoms with Crippen molar-refractivity contribution in [3.05, 3.63) is 44.5 Å². The number of nitrogens with one attached hydrogen (secondary N) is 1. The fourth-order valence-electron chi connectivity index (χ4n) is 2.02. The van der Waals surface area contributed by atoms with Gasteiger partial charge in [-0.1, -0.05) is 0 Å². The van der Waals surface area contributed by atoms with Crippen LogP contribution in [0.1, 0.15) is 12.1 Å². The topological polar surface area (TPSA) is 151 Å². The molecule has 0 bridgehead atoms. The Morgan fingerprint density at radius 1 is 1.21 bits per heavy atom. The van der Waals surface area contributed by atoms with Crippen molar-refractivity contribution < 1.29 is 14.6 Å². The first kappa shape index (κ1) is 17.1. The smallest absolute Gasteiger partial charge is 0.309 e. The number of aromatic nitrogens is 4. The van der Waals surface area contributed by atoms with Gasteiger partial charge in [0.05, 0.1) is 22.9 Å². The molecule has 0 atom stereocenters. The molecule has 0 spiro atoms. The average molecular weight is 337 g/mol. The molecule has 0 aliphatic carbocycles. The van der Waals surface area contributed by atoms with E-state index in [4.69, 9.17) is 0 Å². The number of nitro groups is 2. The van der Waals surface area contributed by atoms with E-state index in [9.17, 15) is 25.0 Å². The summed E-state index contributed by atoms with van der Waals surface area (Å²) in [6, 6.07) is 0. The summed E-state index contributed by atoms with van der Waals surface area (Å²) in [6.45, 7) is 2.34. The molecule has 0 aromatic carbocycles. The van der Waals surface area contributed by atoms with Crippen LogP contribution in [0.25, 0.3) is 0 Å². The van der Waals surface area contributed by atoms with Crippen molar-refractivity contribution in [1.82, 2.24) is 24.9 Å². The van der Waals surface area contributed by atoms with Gasteiger partial charge in [-0.15, -0.1) is 0 Å². The molecule has 2 aromatic rings. The molecule has 0 aliphatic heterocycles. The van der Waals surface area contributed by atoms with Crippen LogP contribution >= 0.6 is 0 Å². The summed E-state index contributed by atoms with van der Waals surface area (Å²) in [7, 11) is 0. The number of nitrogens with zero attached hydrogens (tertiary/aromatic N) is 6. The number of rotatable bonds is 8. The number of hydrogen-bond acceptors (Lipinski definition) is 7. The highest BCUT2D eigenvalue weighted by molar-refractivity contribution is 5.75. The fraction of sp³-hybridized carbons (Fsp3) is 0.417. The Balaban J connectivity index is 1.75. The first-order valence-electron chi connectivity index (χ1n) is 6.99. The molecule has 0 saturated carbocycles. The molecule has 12 nitrogen and oxygen atoms in total. The van der Waals surface area contributed by atoms with Crippen LogP contribution in [0.15, 0.2) is 18.6 Å². The average Bonchev–Trinajstić information content (AvgIpc) is 3.12. The molecule has 24 heavy (non-hydrogen) atoms. The second kappa shape index (κ2) is 7.30. The van der Waals surface area contributed by atoms with Gasteiger partial charge in [0, 0.05) is 13.0 Å². The van der Waals surface area contributed by atoms with Crippen LogP contribution < -0.4 is 5.32 Å². The predicted molar refractivity (Wildman–Crippen MR) is 80.1 cm³/mol. The van der Waals surface area contributed by atoms with Crippen molar-refractivity contribution in [3.63, 3.8) is 0 Å². The molecule has 12 heteroatoms. The molecule has 2 heterocycles. The Morgan fingerprint density at radius 2 is 1.96 bits per heavy atom. The number of aryl methyl sites for hydroxylation is 1. The van der Waals surface area contributed by atoms with E-state index in [1.165, 1.54) is 15.6 Å². The van der Waals surface area contributed by atoms with Gasteiger partial charge in [0.25, 0.3) is 0 Å². The van der Waals surface area contributed by atoms with Crippen molar-refractivity contribution in [3.8, 4) is 0 Å². The van der Waals surface area contributed by atoms with Gasteiger partial charge in [0.2, 0.25) is 5.91 Å². The standard InChI is InChI=1S/C12H15N7O5/c1-9-11(19(23)24)7-15-17(9)4-2-12(20)13-3-5-16-8-10(6-14-16)18(21)22/h6-8H,2-5H2,1H3,(H,13,20). The summed E-state index contributed by atoms with van der Waals surface area (Å²) in [5.41, 5.74) is 0.185. The van der Waals surface area contributed by atoms with Crippen LogP contribution in [0.4, 0.5) is 11.4 Å².